The minimum atomic E-state index is -0.250. The Labute approximate surface area is 165 Å². The van der Waals surface area contributed by atoms with Crippen LogP contribution in [-0.4, -0.2) is 25.2 Å². The van der Waals surface area contributed by atoms with E-state index in [0.29, 0.717) is 13.1 Å². The number of rotatable bonds is 9. The number of amides is 4. The van der Waals surface area contributed by atoms with Crippen LogP contribution in [0.15, 0.2) is 61.7 Å². The molecule has 2 aromatic rings. The van der Waals surface area contributed by atoms with E-state index in [1.165, 1.54) is 0 Å². The fraction of sp³-hybridized carbons (Fsp3) is 0.182. The number of carbonyl (C=O) groups is 2. The molecule has 6 heteroatoms. The van der Waals surface area contributed by atoms with Crippen molar-refractivity contribution < 1.29 is 9.59 Å². The Kier molecular flexibility index (Phi) is 8.33. The zero-order chi connectivity index (χ0) is 20.2. The van der Waals surface area contributed by atoms with Gasteiger partial charge in [0, 0.05) is 24.5 Å². The van der Waals surface area contributed by atoms with Gasteiger partial charge in [-0.2, -0.15) is 0 Å². The Morgan fingerprint density at radius 2 is 1.04 bits per heavy atom. The molecule has 2 rings (SSSR count). The van der Waals surface area contributed by atoms with Gasteiger partial charge < -0.3 is 21.3 Å². The van der Waals surface area contributed by atoms with Gasteiger partial charge in [-0.1, -0.05) is 49.6 Å². The number of hydrogen-bond donors (Lipinski definition) is 4. The molecule has 0 aliphatic carbocycles. The van der Waals surface area contributed by atoms with E-state index in [-0.39, 0.29) is 12.1 Å². The van der Waals surface area contributed by atoms with Crippen LogP contribution in [-0.2, 0) is 0 Å². The van der Waals surface area contributed by atoms with Gasteiger partial charge in [0.25, 0.3) is 0 Å². The quantitative estimate of drug-likeness (QED) is 0.477. The third kappa shape index (κ3) is 7.37. The minimum Gasteiger partial charge on any atom is -0.338 e. The SMILES string of the molecule is C=Cc1ccc(NC(=O)NCCCCNC(=O)Nc2ccc(C=C)cc2)cc1. The number of carbonyl (C=O) groups excluding carboxylic acids is 2. The van der Waals surface area contributed by atoms with Crippen molar-refractivity contribution in [3.63, 3.8) is 0 Å². The van der Waals surface area contributed by atoms with Crippen molar-refractivity contribution in [1.82, 2.24) is 10.6 Å². The van der Waals surface area contributed by atoms with Gasteiger partial charge in [0.2, 0.25) is 0 Å². The summed E-state index contributed by atoms with van der Waals surface area (Å²) in [6.45, 7) is 8.44. The molecule has 0 aliphatic heterocycles. The molecule has 0 aliphatic rings. The average molecular weight is 378 g/mol. The van der Waals surface area contributed by atoms with Crippen molar-refractivity contribution in [2.75, 3.05) is 23.7 Å². The molecule has 0 atom stereocenters. The fourth-order valence-corrected chi connectivity index (χ4v) is 2.41. The normalized spacial score (nSPS) is 9.86. The van der Waals surface area contributed by atoms with E-state index >= 15 is 0 Å². The van der Waals surface area contributed by atoms with E-state index in [0.717, 1.165) is 35.3 Å². The Morgan fingerprint density at radius 1 is 0.679 bits per heavy atom. The summed E-state index contributed by atoms with van der Waals surface area (Å²) in [5.41, 5.74) is 3.44. The lowest BCUT2D eigenvalue weighted by Crippen LogP contribution is -2.31. The minimum absolute atomic E-state index is 0.250. The molecule has 0 spiro atoms. The van der Waals surface area contributed by atoms with Crippen LogP contribution >= 0.6 is 0 Å². The van der Waals surface area contributed by atoms with Crippen molar-refractivity contribution in [3.8, 4) is 0 Å². The summed E-state index contributed by atoms with van der Waals surface area (Å²) < 4.78 is 0. The predicted molar refractivity (Wildman–Crippen MR) is 116 cm³/mol. The first kappa shape index (κ1) is 20.8. The molecule has 4 amide bonds. The molecule has 0 bridgehead atoms. The molecule has 0 heterocycles. The standard InChI is InChI=1S/C22H26N4O2/c1-3-17-7-11-19(12-8-17)25-21(27)23-15-5-6-16-24-22(28)26-20-13-9-18(4-2)10-14-20/h3-4,7-14H,1-2,5-6,15-16H2,(H2,23,25,27)(H2,24,26,28). The molecule has 0 saturated carbocycles. The lowest BCUT2D eigenvalue weighted by molar-refractivity contribution is 0.250. The fourth-order valence-electron chi connectivity index (χ4n) is 2.41. The van der Waals surface area contributed by atoms with Crippen LogP contribution in [0.5, 0.6) is 0 Å². The molecule has 4 N–H and O–H groups in total. The molecular weight excluding hydrogens is 352 g/mol. The summed E-state index contributed by atoms with van der Waals surface area (Å²) >= 11 is 0. The Morgan fingerprint density at radius 3 is 1.36 bits per heavy atom. The number of nitrogens with one attached hydrogen (secondary N) is 4. The van der Waals surface area contributed by atoms with E-state index in [2.05, 4.69) is 34.4 Å². The van der Waals surface area contributed by atoms with Gasteiger partial charge in [0.1, 0.15) is 0 Å². The average Bonchev–Trinajstić information content (AvgIpc) is 2.71. The first-order valence-corrected chi connectivity index (χ1v) is 9.15. The highest BCUT2D eigenvalue weighted by atomic mass is 16.2. The molecular formula is C22H26N4O2. The third-order valence-corrected chi connectivity index (χ3v) is 3.98. The number of urea groups is 2. The Bertz CT molecular complexity index is 729. The number of benzene rings is 2. The zero-order valence-electron chi connectivity index (χ0n) is 15.8. The second kappa shape index (κ2) is 11.2. The van der Waals surface area contributed by atoms with Crippen molar-refractivity contribution >= 4 is 35.6 Å². The molecule has 2 aromatic carbocycles. The maximum absolute atomic E-state index is 11.8. The molecule has 0 fully saturated rings. The zero-order valence-corrected chi connectivity index (χ0v) is 15.8. The molecule has 146 valence electrons. The molecule has 6 nitrogen and oxygen atoms in total. The van der Waals surface area contributed by atoms with E-state index in [1.54, 1.807) is 12.2 Å². The third-order valence-electron chi connectivity index (χ3n) is 3.98. The smallest absolute Gasteiger partial charge is 0.319 e. The maximum atomic E-state index is 11.8. The van der Waals surface area contributed by atoms with Gasteiger partial charge in [-0.25, -0.2) is 9.59 Å². The molecule has 0 aromatic heterocycles. The summed E-state index contributed by atoms with van der Waals surface area (Å²) in [6, 6.07) is 14.3. The van der Waals surface area contributed by atoms with Gasteiger partial charge in [-0.15, -0.1) is 0 Å². The summed E-state index contributed by atoms with van der Waals surface area (Å²) in [5.74, 6) is 0. The number of unbranched alkanes of at least 4 members (excludes halogenated alkanes) is 1. The van der Waals surface area contributed by atoms with Gasteiger partial charge in [-0.3, -0.25) is 0 Å². The molecule has 0 unspecified atom stereocenters. The molecule has 0 saturated heterocycles. The van der Waals surface area contributed by atoms with Gasteiger partial charge in [0.05, 0.1) is 0 Å². The second-order valence-corrected chi connectivity index (χ2v) is 6.12. The van der Waals surface area contributed by atoms with Crippen LogP contribution in [0, 0.1) is 0 Å². The van der Waals surface area contributed by atoms with Gasteiger partial charge >= 0.3 is 12.1 Å². The summed E-state index contributed by atoms with van der Waals surface area (Å²) in [7, 11) is 0. The van der Waals surface area contributed by atoms with Crippen LogP contribution < -0.4 is 21.3 Å². The second-order valence-electron chi connectivity index (χ2n) is 6.12. The summed E-state index contributed by atoms with van der Waals surface area (Å²) in [4.78, 5) is 23.7. The van der Waals surface area contributed by atoms with Crippen LogP contribution in [0.25, 0.3) is 12.2 Å². The number of anilines is 2. The predicted octanol–water partition coefficient (Wildman–Crippen LogP) is 4.70. The summed E-state index contributed by atoms with van der Waals surface area (Å²) in [6.07, 6.45) is 5.02. The van der Waals surface area contributed by atoms with Crippen LogP contribution in [0.4, 0.5) is 21.0 Å². The molecule has 28 heavy (non-hydrogen) atoms. The van der Waals surface area contributed by atoms with Gasteiger partial charge in [0.15, 0.2) is 0 Å². The Hall–Kier alpha value is -3.54. The van der Waals surface area contributed by atoms with Crippen molar-refractivity contribution in [3.05, 3.63) is 72.8 Å². The van der Waals surface area contributed by atoms with E-state index < -0.39 is 0 Å². The lowest BCUT2D eigenvalue weighted by atomic mass is 10.2. The number of hydrogen-bond acceptors (Lipinski definition) is 2. The highest BCUT2D eigenvalue weighted by molar-refractivity contribution is 5.89. The highest BCUT2D eigenvalue weighted by Gasteiger charge is 2.02. The van der Waals surface area contributed by atoms with Gasteiger partial charge in [-0.05, 0) is 48.2 Å². The van der Waals surface area contributed by atoms with Crippen molar-refractivity contribution in [2.45, 2.75) is 12.8 Å². The highest BCUT2D eigenvalue weighted by Crippen LogP contribution is 2.10. The maximum Gasteiger partial charge on any atom is 0.319 e. The van der Waals surface area contributed by atoms with E-state index in [4.69, 9.17) is 0 Å². The van der Waals surface area contributed by atoms with E-state index in [1.807, 2.05) is 48.5 Å². The van der Waals surface area contributed by atoms with Crippen LogP contribution in [0.3, 0.4) is 0 Å². The van der Waals surface area contributed by atoms with Crippen LogP contribution in [0.2, 0.25) is 0 Å². The topological polar surface area (TPSA) is 82.3 Å². The first-order chi connectivity index (χ1) is 13.6. The van der Waals surface area contributed by atoms with E-state index in [9.17, 15) is 9.59 Å². The largest absolute Gasteiger partial charge is 0.338 e. The summed E-state index contributed by atoms with van der Waals surface area (Å²) in [5, 5.41) is 11.1. The van der Waals surface area contributed by atoms with Crippen molar-refractivity contribution in [1.29, 1.82) is 0 Å². The monoisotopic (exact) mass is 378 g/mol. The lowest BCUT2D eigenvalue weighted by Gasteiger charge is -2.09. The van der Waals surface area contributed by atoms with Crippen LogP contribution in [0.1, 0.15) is 24.0 Å². The van der Waals surface area contributed by atoms with Crippen molar-refractivity contribution in [2.24, 2.45) is 0 Å². The molecule has 0 radical (unpaired) electrons. The Balaban J connectivity index is 1.55. The first-order valence-electron chi connectivity index (χ1n) is 9.15.